The van der Waals surface area contributed by atoms with Crippen molar-refractivity contribution in [1.82, 2.24) is 0 Å². The molecular formula is C66H47NSi2. The van der Waals surface area contributed by atoms with Gasteiger partial charge in [0.1, 0.15) is 0 Å². The van der Waals surface area contributed by atoms with Crippen molar-refractivity contribution in [2.45, 2.75) is 0 Å². The van der Waals surface area contributed by atoms with Gasteiger partial charge in [-0.15, -0.1) is 0 Å². The molecule has 1 nitrogen and oxygen atoms in total. The summed E-state index contributed by atoms with van der Waals surface area (Å²) in [6.45, 7) is 0. The Morgan fingerprint density at radius 3 is 1.01 bits per heavy atom. The number of hydrogen-bond donors (Lipinski definition) is 0. The molecule has 0 fully saturated rings. The van der Waals surface area contributed by atoms with Crippen molar-refractivity contribution in [2.75, 3.05) is 4.90 Å². The highest BCUT2D eigenvalue weighted by Crippen LogP contribution is 2.39. The fourth-order valence-corrected chi connectivity index (χ4v) is 22.3. The van der Waals surface area contributed by atoms with E-state index in [2.05, 4.69) is 290 Å². The Hall–Kier alpha value is -8.35. The molecule has 0 N–H and O–H groups in total. The third kappa shape index (κ3) is 6.43. The quantitative estimate of drug-likeness (QED) is 0.130. The maximum atomic E-state index is 2.52. The monoisotopic (exact) mass is 909 g/mol. The Morgan fingerprint density at radius 2 is 0.536 bits per heavy atom. The zero-order valence-corrected chi connectivity index (χ0v) is 40.1. The highest BCUT2D eigenvalue weighted by molar-refractivity contribution is 7.23. The Kier molecular flexibility index (Phi) is 9.93. The van der Waals surface area contributed by atoms with Crippen molar-refractivity contribution < 1.29 is 0 Å². The van der Waals surface area contributed by atoms with Gasteiger partial charge in [-0.1, -0.05) is 249 Å². The molecule has 0 radical (unpaired) electrons. The van der Waals surface area contributed by atoms with Crippen molar-refractivity contribution in [2.24, 2.45) is 0 Å². The zero-order chi connectivity index (χ0) is 45.8. The molecule has 0 aliphatic carbocycles. The van der Waals surface area contributed by atoms with Gasteiger partial charge < -0.3 is 4.90 Å². The van der Waals surface area contributed by atoms with E-state index in [1.54, 1.807) is 0 Å². The predicted molar refractivity (Wildman–Crippen MR) is 297 cm³/mol. The molecule has 0 saturated carbocycles. The van der Waals surface area contributed by atoms with Gasteiger partial charge in [0.05, 0.1) is 0 Å². The molecule has 2 aliphatic rings. The number of fused-ring (bicyclic) bond motifs is 6. The molecule has 13 rings (SSSR count). The van der Waals surface area contributed by atoms with Crippen LogP contribution in [0.3, 0.4) is 0 Å². The smallest absolute Gasteiger partial charge is 0.180 e. The van der Waals surface area contributed by atoms with E-state index in [0.717, 1.165) is 17.1 Å². The van der Waals surface area contributed by atoms with Gasteiger partial charge in [-0.25, -0.2) is 0 Å². The second kappa shape index (κ2) is 16.8. The third-order valence-electron chi connectivity index (χ3n) is 14.8. The van der Waals surface area contributed by atoms with E-state index < -0.39 is 16.1 Å². The fraction of sp³-hybridized carbons (Fsp3) is 0. The Morgan fingerprint density at radius 1 is 0.203 bits per heavy atom. The lowest BCUT2D eigenvalue weighted by molar-refractivity contribution is 1.29. The summed E-state index contributed by atoms with van der Waals surface area (Å²) in [4.78, 5) is 2.46. The standard InChI is InChI=1S/C66H47NSi2/c1-5-20-48(21-6-1)49-36-40-52(41-37-49)67(54-44-45-62-61-32-15-16-33-63(61)68(66(62)47-54,55-23-7-2-8-24-55)56-25-9-3-10-26-56)53-42-38-50(39-43-53)51-22-19-29-58(46-51)69(57-27-11-4-12-28-57)64-34-17-13-30-59(64)60-31-14-18-35-65(60)69/h1-47H. The van der Waals surface area contributed by atoms with Gasteiger partial charge in [0.2, 0.25) is 0 Å². The molecule has 0 unspecified atom stereocenters. The Bertz CT molecular complexity index is 3560. The first-order valence-electron chi connectivity index (χ1n) is 24.0. The van der Waals surface area contributed by atoms with Crippen LogP contribution in [0.4, 0.5) is 17.1 Å². The molecule has 0 atom stereocenters. The van der Waals surface area contributed by atoms with E-state index in [9.17, 15) is 0 Å². The lowest BCUT2D eigenvalue weighted by atomic mass is 10.0. The van der Waals surface area contributed by atoms with Crippen LogP contribution in [0.5, 0.6) is 0 Å². The van der Waals surface area contributed by atoms with Gasteiger partial charge in [0.25, 0.3) is 0 Å². The second-order valence-electron chi connectivity index (χ2n) is 18.3. The topological polar surface area (TPSA) is 3.24 Å². The molecule has 69 heavy (non-hydrogen) atoms. The van der Waals surface area contributed by atoms with Crippen molar-refractivity contribution in [3.8, 4) is 44.5 Å². The van der Waals surface area contributed by atoms with Crippen LogP contribution in [0.15, 0.2) is 285 Å². The number of benzene rings is 11. The van der Waals surface area contributed by atoms with E-state index >= 15 is 0 Å². The van der Waals surface area contributed by atoms with Crippen molar-refractivity contribution in [3.05, 3.63) is 285 Å². The zero-order valence-electron chi connectivity index (χ0n) is 38.1. The van der Waals surface area contributed by atoms with Gasteiger partial charge in [-0.2, -0.15) is 0 Å². The van der Waals surface area contributed by atoms with E-state index in [1.807, 2.05) is 0 Å². The summed E-state index contributed by atoms with van der Waals surface area (Å²) >= 11 is 0. The molecule has 0 aromatic heterocycles. The van der Waals surface area contributed by atoms with Gasteiger partial charge in [-0.3, -0.25) is 0 Å². The van der Waals surface area contributed by atoms with Crippen LogP contribution in [0.25, 0.3) is 44.5 Å². The van der Waals surface area contributed by atoms with Crippen LogP contribution in [-0.4, -0.2) is 16.1 Å². The molecule has 324 valence electrons. The predicted octanol–water partition coefficient (Wildman–Crippen LogP) is 11.2. The summed E-state index contributed by atoms with van der Waals surface area (Å²) in [5.74, 6) is 0. The lowest BCUT2D eigenvalue weighted by Gasteiger charge is -2.33. The molecule has 0 amide bonds. The summed E-state index contributed by atoms with van der Waals surface area (Å²) in [6.07, 6.45) is 0. The minimum Gasteiger partial charge on any atom is -0.311 e. The minimum absolute atomic E-state index is 1.11. The van der Waals surface area contributed by atoms with Gasteiger partial charge in [0, 0.05) is 17.1 Å². The Balaban J connectivity index is 0.964. The number of nitrogens with zero attached hydrogens (tertiary/aromatic N) is 1. The molecule has 3 heteroatoms. The van der Waals surface area contributed by atoms with Crippen molar-refractivity contribution >= 4 is 74.7 Å². The summed E-state index contributed by atoms with van der Waals surface area (Å²) in [5, 5.41) is 11.4. The van der Waals surface area contributed by atoms with E-state index in [4.69, 9.17) is 0 Å². The van der Waals surface area contributed by atoms with Crippen molar-refractivity contribution in [3.63, 3.8) is 0 Å². The molecule has 0 spiro atoms. The largest absolute Gasteiger partial charge is 0.311 e. The molecular weight excluding hydrogens is 863 g/mol. The molecule has 11 aromatic rings. The van der Waals surface area contributed by atoms with Gasteiger partial charge in [0.15, 0.2) is 16.1 Å². The summed E-state index contributed by atoms with van der Waals surface area (Å²) in [6, 6.07) is 107. The minimum atomic E-state index is -2.73. The SMILES string of the molecule is c1ccc(-c2ccc(N(c3ccc(-c4cccc([Si]5(c6ccccc6)c6ccccc6-c6ccccc65)c4)cc3)c3ccc4c(c3)[Si](c3ccccc3)(c3ccccc3)c3ccccc3-4)cc2)cc1. The van der Waals surface area contributed by atoms with Crippen LogP contribution >= 0.6 is 0 Å². The number of hydrogen-bond acceptors (Lipinski definition) is 1. The molecule has 11 aromatic carbocycles. The summed E-state index contributed by atoms with van der Waals surface area (Å²) < 4.78 is 0. The second-order valence-corrected chi connectivity index (χ2v) is 25.8. The average Bonchev–Trinajstić information content (AvgIpc) is 3.91. The van der Waals surface area contributed by atoms with Crippen LogP contribution in [0.1, 0.15) is 0 Å². The van der Waals surface area contributed by atoms with Crippen molar-refractivity contribution in [1.29, 1.82) is 0 Å². The van der Waals surface area contributed by atoms with E-state index in [0.29, 0.717) is 0 Å². The Labute approximate surface area is 407 Å². The highest BCUT2D eigenvalue weighted by Gasteiger charge is 2.50. The van der Waals surface area contributed by atoms with Gasteiger partial charge in [-0.05, 0) is 122 Å². The van der Waals surface area contributed by atoms with Crippen LogP contribution in [0.2, 0.25) is 0 Å². The average molecular weight is 910 g/mol. The maximum absolute atomic E-state index is 2.73. The van der Waals surface area contributed by atoms with E-state index in [1.165, 1.54) is 86.0 Å². The first-order chi connectivity index (χ1) is 34.2. The lowest BCUT2D eigenvalue weighted by Crippen LogP contribution is -2.72. The first-order valence-corrected chi connectivity index (χ1v) is 28.0. The van der Waals surface area contributed by atoms with Crippen LogP contribution in [0, 0.1) is 0 Å². The number of anilines is 3. The molecule has 0 bridgehead atoms. The molecule has 0 saturated heterocycles. The first kappa shape index (κ1) is 40.9. The van der Waals surface area contributed by atoms with E-state index in [-0.39, 0.29) is 0 Å². The molecule has 2 heterocycles. The third-order valence-corrected chi connectivity index (χ3v) is 24.6. The summed E-state index contributed by atoms with van der Waals surface area (Å²) in [7, 11) is -5.36. The maximum Gasteiger partial charge on any atom is 0.180 e. The normalized spacial score (nSPS) is 13.4. The fourth-order valence-electron chi connectivity index (χ4n) is 11.9. The molecule has 2 aliphatic heterocycles. The van der Waals surface area contributed by atoms with Crippen LogP contribution in [-0.2, 0) is 0 Å². The highest BCUT2D eigenvalue weighted by atomic mass is 28.3. The van der Waals surface area contributed by atoms with Crippen LogP contribution < -0.4 is 46.4 Å². The number of rotatable bonds is 9. The summed E-state index contributed by atoms with van der Waals surface area (Å²) in [5.41, 5.74) is 13.6. The van der Waals surface area contributed by atoms with Gasteiger partial charge >= 0.3 is 0 Å².